The first-order valence-electron chi connectivity index (χ1n) is 8.24. The van der Waals surface area contributed by atoms with E-state index in [-0.39, 0.29) is 11.9 Å². The standard InChI is InChI=1S/C18H28N2O2/c1-13(15-7-6-10-19-12-15)11-18(21)20-14(2)16-8-4-5-9-17(16)22-3/h4-5,8-9,13-15,19H,6-7,10-12H2,1-3H3,(H,20,21). The Morgan fingerprint density at radius 1 is 1.41 bits per heavy atom. The number of carbonyl (C=O) groups is 1. The molecule has 122 valence electrons. The van der Waals surface area contributed by atoms with Gasteiger partial charge in [0.25, 0.3) is 0 Å². The number of carbonyl (C=O) groups excluding carboxylic acids is 1. The zero-order chi connectivity index (χ0) is 15.9. The molecule has 1 aromatic rings. The fourth-order valence-corrected chi connectivity index (χ4v) is 3.23. The van der Waals surface area contributed by atoms with Gasteiger partial charge in [0.05, 0.1) is 13.2 Å². The van der Waals surface area contributed by atoms with E-state index in [0.717, 1.165) is 24.4 Å². The van der Waals surface area contributed by atoms with Gasteiger partial charge in [-0.25, -0.2) is 0 Å². The normalized spacial score (nSPS) is 21.0. The minimum atomic E-state index is -0.0414. The van der Waals surface area contributed by atoms with Crippen LogP contribution in [0.2, 0.25) is 0 Å². The Morgan fingerprint density at radius 3 is 2.86 bits per heavy atom. The van der Waals surface area contributed by atoms with E-state index in [0.29, 0.717) is 18.3 Å². The van der Waals surface area contributed by atoms with Crippen LogP contribution in [-0.2, 0) is 4.79 Å². The third-order valence-corrected chi connectivity index (χ3v) is 4.63. The van der Waals surface area contributed by atoms with Gasteiger partial charge in [0.15, 0.2) is 0 Å². The van der Waals surface area contributed by atoms with Crippen molar-refractivity contribution in [2.45, 2.75) is 39.2 Å². The molecule has 1 amide bonds. The molecule has 3 atom stereocenters. The van der Waals surface area contributed by atoms with Crippen molar-refractivity contribution in [3.05, 3.63) is 29.8 Å². The minimum Gasteiger partial charge on any atom is -0.496 e. The molecule has 1 fully saturated rings. The molecular weight excluding hydrogens is 276 g/mol. The van der Waals surface area contributed by atoms with E-state index in [9.17, 15) is 4.79 Å². The fraction of sp³-hybridized carbons (Fsp3) is 0.611. The lowest BCUT2D eigenvalue weighted by molar-refractivity contribution is -0.123. The van der Waals surface area contributed by atoms with Crippen LogP contribution in [0.1, 0.15) is 44.7 Å². The molecule has 1 heterocycles. The highest BCUT2D eigenvalue weighted by Gasteiger charge is 2.23. The summed E-state index contributed by atoms with van der Waals surface area (Å²) in [5.74, 6) is 1.97. The average molecular weight is 304 g/mol. The molecule has 4 heteroatoms. The molecule has 22 heavy (non-hydrogen) atoms. The van der Waals surface area contributed by atoms with E-state index in [1.165, 1.54) is 12.8 Å². The molecule has 3 unspecified atom stereocenters. The van der Waals surface area contributed by atoms with Gasteiger partial charge in [-0.3, -0.25) is 4.79 Å². The van der Waals surface area contributed by atoms with Gasteiger partial charge in [0.2, 0.25) is 5.91 Å². The van der Waals surface area contributed by atoms with Gasteiger partial charge in [0, 0.05) is 12.0 Å². The number of piperidine rings is 1. The second kappa shape index (κ2) is 8.18. The van der Waals surface area contributed by atoms with Crippen LogP contribution >= 0.6 is 0 Å². The van der Waals surface area contributed by atoms with Crippen LogP contribution in [0, 0.1) is 11.8 Å². The first-order chi connectivity index (χ1) is 10.6. The lowest BCUT2D eigenvalue weighted by atomic mass is 9.85. The number of para-hydroxylation sites is 1. The van der Waals surface area contributed by atoms with Crippen molar-refractivity contribution in [1.29, 1.82) is 0 Å². The summed E-state index contributed by atoms with van der Waals surface area (Å²) in [5.41, 5.74) is 1.02. The van der Waals surface area contributed by atoms with Crippen LogP contribution in [0.25, 0.3) is 0 Å². The van der Waals surface area contributed by atoms with Crippen molar-refractivity contribution in [2.75, 3.05) is 20.2 Å². The lowest BCUT2D eigenvalue weighted by Crippen LogP contribution is -2.36. The molecule has 1 saturated heterocycles. The Balaban J connectivity index is 1.88. The van der Waals surface area contributed by atoms with Crippen molar-refractivity contribution in [3.8, 4) is 5.75 Å². The van der Waals surface area contributed by atoms with Crippen LogP contribution in [0.4, 0.5) is 0 Å². The largest absolute Gasteiger partial charge is 0.496 e. The number of benzene rings is 1. The van der Waals surface area contributed by atoms with Crippen LogP contribution in [-0.4, -0.2) is 26.1 Å². The van der Waals surface area contributed by atoms with Gasteiger partial charge < -0.3 is 15.4 Å². The summed E-state index contributed by atoms with van der Waals surface area (Å²) in [6, 6.07) is 7.79. The molecule has 1 aliphatic heterocycles. The monoisotopic (exact) mass is 304 g/mol. The molecule has 2 rings (SSSR count). The minimum absolute atomic E-state index is 0.0414. The zero-order valence-electron chi connectivity index (χ0n) is 13.9. The predicted molar refractivity (Wildman–Crippen MR) is 88.9 cm³/mol. The number of rotatable bonds is 6. The van der Waals surface area contributed by atoms with E-state index in [4.69, 9.17) is 4.74 Å². The van der Waals surface area contributed by atoms with E-state index in [1.54, 1.807) is 7.11 Å². The Labute approximate surface area is 133 Å². The van der Waals surface area contributed by atoms with Crippen molar-refractivity contribution in [3.63, 3.8) is 0 Å². The van der Waals surface area contributed by atoms with Crippen molar-refractivity contribution < 1.29 is 9.53 Å². The topological polar surface area (TPSA) is 50.4 Å². The molecule has 4 nitrogen and oxygen atoms in total. The van der Waals surface area contributed by atoms with Crippen LogP contribution < -0.4 is 15.4 Å². The number of nitrogens with one attached hydrogen (secondary N) is 2. The molecule has 1 aliphatic rings. The molecule has 0 spiro atoms. The Bertz CT molecular complexity index is 484. The van der Waals surface area contributed by atoms with Crippen LogP contribution in [0.15, 0.2) is 24.3 Å². The van der Waals surface area contributed by atoms with Crippen LogP contribution in [0.3, 0.4) is 0 Å². The number of hydrogen-bond acceptors (Lipinski definition) is 3. The summed E-state index contributed by atoms with van der Waals surface area (Å²) in [6.07, 6.45) is 3.03. The summed E-state index contributed by atoms with van der Waals surface area (Å²) < 4.78 is 5.36. The van der Waals surface area contributed by atoms with Gasteiger partial charge in [0.1, 0.15) is 5.75 Å². The Kier molecular flexibility index (Phi) is 6.25. The molecule has 1 aromatic carbocycles. The van der Waals surface area contributed by atoms with E-state index >= 15 is 0 Å². The van der Waals surface area contributed by atoms with Crippen molar-refractivity contribution >= 4 is 5.91 Å². The first-order valence-corrected chi connectivity index (χ1v) is 8.24. The van der Waals surface area contributed by atoms with Gasteiger partial charge in [-0.05, 0) is 50.8 Å². The lowest BCUT2D eigenvalue weighted by Gasteiger charge is -2.28. The van der Waals surface area contributed by atoms with Crippen molar-refractivity contribution in [1.82, 2.24) is 10.6 Å². The Morgan fingerprint density at radius 2 is 2.18 bits per heavy atom. The first kappa shape index (κ1) is 16.8. The maximum absolute atomic E-state index is 12.3. The highest BCUT2D eigenvalue weighted by atomic mass is 16.5. The number of ether oxygens (including phenoxy) is 1. The molecule has 0 saturated carbocycles. The second-order valence-electron chi connectivity index (χ2n) is 6.32. The number of amides is 1. The Hall–Kier alpha value is -1.55. The second-order valence-corrected chi connectivity index (χ2v) is 6.32. The van der Waals surface area contributed by atoms with Gasteiger partial charge >= 0.3 is 0 Å². The number of hydrogen-bond donors (Lipinski definition) is 2. The molecule has 0 aromatic heterocycles. The molecule has 2 N–H and O–H groups in total. The van der Waals surface area contributed by atoms with Gasteiger partial charge in [-0.1, -0.05) is 25.1 Å². The van der Waals surface area contributed by atoms with Gasteiger partial charge in [-0.2, -0.15) is 0 Å². The summed E-state index contributed by atoms with van der Waals surface area (Å²) in [5, 5.41) is 6.52. The van der Waals surface area contributed by atoms with E-state index in [1.807, 2.05) is 31.2 Å². The average Bonchev–Trinajstić information content (AvgIpc) is 2.55. The van der Waals surface area contributed by atoms with Crippen LogP contribution in [0.5, 0.6) is 5.75 Å². The third-order valence-electron chi connectivity index (χ3n) is 4.63. The molecule has 0 radical (unpaired) electrons. The fourth-order valence-electron chi connectivity index (χ4n) is 3.23. The summed E-state index contributed by atoms with van der Waals surface area (Å²) in [4.78, 5) is 12.3. The summed E-state index contributed by atoms with van der Waals surface area (Å²) in [7, 11) is 1.66. The van der Waals surface area contributed by atoms with E-state index in [2.05, 4.69) is 17.6 Å². The molecule has 0 bridgehead atoms. The highest BCUT2D eigenvalue weighted by molar-refractivity contribution is 5.76. The highest BCUT2D eigenvalue weighted by Crippen LogP contribution is 2.26. The molecule has 0 aliphatic carbocycles. The van der Waals surface area contributed by atoms with E-state index < -0.39 is 0 Å². The van der Waals surface area contributed by atoms with Gasteiger partial charge in [-0.15, -0.1) is 0 Å². The summed E-state index contributed by atoms with van der Waals surface area (Å²) >= 11 is 0. The maximum Gasteiger partial charge on any atom is 0.220 e. The zero-order valence-corrected chi connectivity index (χ0v) is 13.9. The SMILES string of the molecule is COc1ccccc1C(C)NC(=O)CC(C)C1CCCNC1. The predicted octanol–water partition coefficient (Wildman–Crippen LogP) is 2.90. The molecular formula is C18H28N2O2. The van der Waals surface area contributed by atoms with Crippen molar-refractivity contribution in [2.24, 2.45) is 11.8 Å². The smallest absolute Gasteiger partial charge is 0.220 e. The third kappa shape index (κ3) is 4.47. The summed E-state index contributed by atoms with van der Waals surface area (Å²) in [6.45, 7) is 6.34. The maximum atomic E-state index is 12.3. The number of methoxy groups -OCH3 is 1. The quantitative estimate of drug-likeness (QED) is 0.849.